The first-order chi connectivity index (χ1) is 12.0. The first-order valence-electron chi connectivity index (χ1n) is 8.69. The molecule has 136 valence electrons. The maximum atomic E-state index is 14.0. The van der Waals surface area contributed by atoms with E-state index in [1.54, 1.807) is 4.90 Å². The van der Waals surface area contributed by atoms with Crippen molar-refractivity contribution in [2.75, 3.05) is 19.7 Å². The fourth-order valence-electron chi connectivity index (χ4n) is 3.44. The van der Waals surface area contributed by atoms with Gasteiger partial charge in [-0.05, 0) is 19.3 Å². The number of halogens is 2. The van der Waals surface area contributed by atoms with Crippen LogP contribution in [0.15, 0.2) is 12.1 Å². The summed E-state index contributed by atoms with van der Waals surface area (Å²) in [6.07, 6.45) is 2.52. The van der Waals surface area contributed by atoms with Crippen molar-refractivity contribution < 1.29 is 23.1 Å². The molecule has 3 rings (SSSR count). The zero-order valence-electron chi connectivity index (χ0n) is 14.2. The molecule has 1 atom stereocenters. The normalized spacial score (nSPS) is 20.1. The third-order valence-electron chi connectivity index (χ3n) is 4.81. The van der Waals surface area contributed by atoms with Gasteiger partial charge in [-0.1, -0.05) is 6.92 Å². The highest BCUT2D eigenvalue weighted by molar-refractivity contribution is 5.80. The fraction of sp³-hybridized carbons (Fsp3) is 0.556. The van der Waals surface area contributed by atoms with Crippen LogP contribution in [0, 0.1) is 17.6 Å². The topological polar surface area (TPSA) is 58.6 Å². The summed E-state index contributed by atoms with van der Waals surface area (Å²) in [4.78, 5) is 26.2. The van der Waals surface area contributed by atoms with Crippen LogP contribution in [-0.2, 0) is 9.59 Å². The van der Waals surface area contributed by atoms with E-state index in [0.717, 1.165) is 18.6 Å². The van der Waals surface area contributed by atoms with Crippen LogP contribution in [0.2, 0.25) is 0 Å². The van der Waals surface area contributed by atoms with Gasteiger partial charge in [0.1, 0.15) is 24.0 Å². The van der Waals surface area contributed by atoms with Crippen LogP contribution < -0.4 is 10.1 Å². The number of ether oxygens (including phenoxy) is 1. The smallest absolute Gasteiger partial charge is 0.223 e. The predicted molar refractivity (Wildman–Crippen MR) is 86.9 cm³/mol. The van der Waals surface area contributed by atoms with Gasteiger partial charge in [0.05, 0.1) is 11.6 Å². The quantitative estimate of drug-likeness (QED) is 0.906. The van der Waals surface area contributed by atoms with Crippen molar-refractivity contribution in [3.8, 4) is 5.75 Å². The molecule has 2 aliphatic rings. The van der Waals surface area contributed by atoms with E-state index in [0.29, 0.717) is 32.4 Å². The van der Waals surface area contributed by atoms with Gasteiger partial charge in [-0.3, -0.25) is 9.59 Å². The monoisotopic (exact) mass is 352 g/mol. The molecule has 1 N–H and O–H groups in total. The number of amides is 2. The average Bonchev–Trinajstić information content (AvgIpc) is 2.98. The number of piperidine rings is 1. The molecule has 0 unspecified atom stereocenters. The summed E-state index contributed by atoms with van der Waals surface area (Å²) in [6.45, 7) is 3.18. The summed E-state index contributed by atoms with van der Waals surface area (Å²) in [5, 5.41) is 2.80. The molecule has 0 saturated carbocycles. The van der Waals surface area contributed by atoms with E-state index in [1.165, 1.54) is 0 Å². The van der Waals surface area contributed by atoms with Gasteiger partial charge in [-0.25, -0.2) is 8.78 Å². The van der Waals surface area contributed by atoms with E-state index in [4.69, 9.17) is 4.74 Å². The summed E-state index contributed by atoms with van der Waals surface area (Å²) in [5.74, 6) is -1.53. The van der Waals surface area contributed by atoms with Crippen molar-refractivity contribution in [1.29, 1.82) is 0 Å². The molecule has 1 aromatic rings. The number of carbonyl (C=O) groups is 2. The van der Waals surface area contributed by atoms with E-state index in [2.05, 4.69) is 5.32 Å². The summed E-state index contributed by atoms with van der Waals surface area (Å²) in [6, 6.07) is 1.32. The van der Waals surface area contributed by atoms with Crippen LogP contribution in [-0.4, -0.2) is 36.4 Å². The van der Waals surface area contributed by atoms with Crippen molar-refractivity contribution in [3.63, 3.8) is 0 Å². The highest BCUT2D eigenvalue weighted by Gasteiger charge is 2.33. The van der Waals surface area contributed by atoms with E-state index < -0.39 is 17.7 Å². The Labute approximate surface area is 145 Å². The number of hydrogen-bond donors (Lipinski definition) is 1. The number of nitrogens with one attached hydrogen (secondary N) is 1. The molecule has 0 aliphatic carbocycles. The van der Waals surface area contributed by atoms with E-state index >= 15 is 0 Å². The number of nitrogens with zero attached hydrogens (tertiary/aromatic N) is 1. The first-order valence-corrected chi connectivity index (χ1v) is 8.69. The third kappa shape index (κ3) is 3.75. The van der Waals surface area contributed by atoms with Crippen molar-refractivity contribution in [1.82, 2.24) is 10.2 Å². The lowest BCUT2D eigenvalue weighted by Gasteiger charge is -2.31. The molecular formula is C18H22F2N2O3. The van der Waals surface area contributed by atoms with Crippen LogP contribution in [0.5, 0.6) is 5.75 Å². The Kier molecular flexibility index (Phi) is 5.20. The van der Waals surface area contributed by atoms with Gasteiger partial charge < -0.3 is 15.0 Å². The Balaban J connectivity index is 1.58. The van der Waals surface area contributed by atoms with Crippen molar-refractivity contribution in [3.05, 3.63) is 29.3 Å². The zero-order chi connectivity index (χ0) is 18.0. The van der Waals surface area contributed by atoms with Crippen LogP contribution >= 0.6 is 0 Å². The maximum absolute atomic E-state index is 14.0. The molecule has 25 heavy (non-hydrogen) atoms. The second-order valence-corrected chi connectivity index (χ2v) is 6.58. The standard InChI is InChI=1S/C18H22F2N2O3/c1-2-3-16(23)22-6-4-11(5-7-22)18(24)21-14-10-25-15-9-12(19)8-13(20)17(14)15/h8-9,11,14H,2-7,10H2,1H3,(H,21,24)/t14-/m1/s1. The van der Waals surface area contributed by atoms with Crippen molar-refractivity contribution >= 4 is 11.8 Å². The minimum absolute atomic E-state index is 0.0925. The molecule has 2 amide bonds. The van der Waals surface area contributed by atoms with E-state index in [1.807, 2.05) is 6.92 Å². The predicted octanol–water partition coefficient (Wildman–Crippen LogP) is 2.55. The molecular weight excluding hydrogens is 330 g/mol. The summed E-state index contributed by atoms with van der Waals surface area (Å²) < 4.78 is 32.5. The van der Waals surface area contributed by atoms with Crippen LogP contribution in [0.3, 0.4) is 0 Å². The minimum atomic E-state index is -0.710. The number of benzene rings is 1. The molecule has 1 fully saturated rings. The molecule has 0 aromatic heterocycles. The van der Waals surface area contributed by atoms with Crippen molar-refractivity contribution in [2.24, 2.45) is 5.92 Å². The first kappa shape index (κ1) is 17.6. The Morgan fingerprint density at radius 3 is 2.68 bits per heavy atom. The Morgan fingerprint density at radius 1 is 1.28 bits per heavy atom. The zero-order valence-corrected chi connectivity index (χ0v) is 14.2. The Morgan fingerprint density at radius 2 is 2.00 bits per heavy atom. The molecule has 1 aromatic carbocycles. The van der Waals surface area contributed by atoms with Crippen LogP contribution in [0.25, 0.3) is 0 Å². The minimum Gasteiger partial charge on any atom is -0.490 e. The SMILES string of the molecule is CCCC(=O)N1CCC(C(=O)N[C@@H]2COc3cc(F)cc(F)c32)CC1. The van der Waals surface area contributed by atoms with E-state index in [-0.39, 0.29) is 35.7 Å². The third-order valence-corrected chi connectivity index (χ3v) is 4.81. The number of likely N-dealkylation sites (tertiary alicyclic amines) is 1. The molecule has 5 nitrogen and oxygen atoms in total. The van der Waals surface area contributed by atoms with Crippen LogP contribution in [0.4, 0.5) is 8.78 Å². The number of fused-ring (bicyclic) bond motifs is 1. The summed E-state index contributed by atoms with van der Waals surface area (Å²) in [5.41, 5.74) is 0.199. The molecule has 2 aliphatic heterocycles. The molecule has 2 heterocycles. The van der Waals surface area contributed by atoms with Gasteiger partial charge in [0.2, 0.25) is 11.8 Å². The maximum Gasteiger partial charge on any atom is 0.223 e. The van der Waals surface area contributed by atoms with Gasteiger partial charge in [0.15, 0.2) is 0 Å². The molecule has 0 spiro atoms. The molecule has 0 radical (unpaired) electrons. The van der Waals surface area contributed by atoms with Gasteiger partial charge in [-0.15, -0.1) is 0 Å². The lowest BCUT2D eigenvalue weighted by Crippen LogP contribution is -2.43. The van der Waals surface area contributed by atoms with Gasteiger partial charge in [0.25, 0.3) is 0 Å². The number of rotatable bonds is 4. The Bertz CT molecular complexity index is 673. The molecule has 0 bridgehead atoms. The average molecular weight is 352 g/mol. The highest BCUT2D eigenvalue weighted by Crippen LogP contribution is 2.35. The van der Waals surface area contributed by atoms with Crippen LogP contribution in [0.1, 0.15) is 44.2 Å². The lowest BCUT2D eigenvalue weighted by atomic mass is 9.95. The highest BCUT2D eigenvalue weighted by atomic mass is 19.1. The number of hydrogen-bond acceptors (Lipinski definition) is 3. The lowest BCUT2D eigenvalue weighted by molar-refractivity contribution is -0.135. The molecule has 7 heteroatoms. The molecule has 1 saturated heterocycles. The Hall–Kier alpha value is -2.18. The van der Waals surface area contributed by atoms with E-state index in [9.17, 15) is 18.4 Å². The fourth-order valence-corrected chi connectivity index (χ4v) is 3.44. The van der Waals surface area contributed by atoms with Gasteiger partial charge in [0, 0.05) is 37.6 Å². The largest absolute Gasteiger partial charge is 0.490 e. The van der Waals surface area contributed by atoms with Crippen molar-refractivity contribution in [2.45, 2.75) is 38.6 Å². The second kappa shape index (κ2) is 7.37. The number of carbonyl (C=O) groups excluding carboxylic acids is 2. The van der Waals surface area contributed by atoms with Gasteiger partial charge in [-0.2, -0.15) is 0 Å². The summed E-state index contributed by atoms with van der Waals surface area (Å²) in [7, 11) is 0. The second-order valence-electron chi connectivity index (χ2n) is 6.58. The summed E-state index contributed by atoms with van der Waals surface area (Å²) >= 11 is 0. The van der Waals surface area contributed by atoms with Gasteiger partial charge >= 0.3 is 0 Å².